The molecule has 0 radical (unpaired) electrons. The molecule has 2 aromatic rings. The second-order valence-electron chi connectivity index (χ2n) is 9.14. The molecule has 2 rings (SSSR count). The van der Waals surface area contributed by atoms with Gasteiger partial charge >= 0.3 is 17.9 Å². The number of phenols is 1. The van der Waals surface area contributed by atoms with Crippen molar-refractivity contribution in [1.29, 1.82) is 0 Å². The highest BCUT2D eigenvalue weighted by molar-refractivity contribution is 5.94. The average molecular weight is 577 g/mol. The number of phenolic OH excluding ortho intramolecular Hbond substituents is 1. The molecule has 1 aromatic heterocycles. The Morgan fingerprint density at radius 2 is 1.34 bits per heavy atom. The number of imidazole rings is 1. The number of aromatic nitrogens is 2. The van der Waals surface area contributed by atoms with Crippen LogP contribution in [-0.4, -0.2) is 90.2 Å². The first-order valence-electron chi connectivity index (χ1n) is 12.4. The molecule has 0 saturated heterocycles. The molecule has 3 amide bonds. The molecule has 0 aliphatic carbocycles. The zero-order valence-electron chi connectivity index (χ0n) is 21.8. The second-order valence-corrected chi connectivity index (χ2v) is 9.14. The summed E-state index contributed by atoms with van der Waals surface area (Å²) in [7, 11) is 0. The van der Waals surface area contributed by atoms with Gasteiger partial charge in [0.1, 0.15) is 23.9 Å². The third-order valence-electron chi connectivity index (χ3n) is 5.89. The number of carboxylic acid groups (broad SMARTS) is 3. The SMILES string of the molecule is NC(CCC(=O)O)C(=O)NC(CCC(=O)O)C(=O)NC(Cc1cnc[nH]1)C(=O)NC(Cc1ccc(O)cc1)C(=O)O. The zero-order valence-corrected chi connectivity index (χ0v) is 21.8. The van der Waals surface area contributed by atoms with Crippen LogP contribution in [0.1, 0.15) is 36.9 Å². The lowest BCUT2D eigenvalue weighted by molar-refractivity contribution is -0.142. The van der Waals surface area contributed by atoms with Gasteiger partial charge in [0.2, 0.25) is 17.7 Å². The van der Waals surface area contributed by atoms with Crippen molar-refractivity contribution in [3.05, 3.63) is 48.0 Å². The van der Waals surface area contributed by atoms with Crippen LogP contribution >= 0.6 is 0 Å². The van der Waals surface area contributed by atoms with E-state index in [-0.39, 0.29) is 31.4 Å². The summed E-state index contributed by atoms with van der Waals surface area (Å²) < 4.78 is 0. The molecule has 1 aromatic carbocycles. The topological polar surface area (TPSA) is 274 Å². The summed E-state index contributed by atoms with van der Waals surface area (Å²) in [5, 5.41) is 44.1. The van der Waals surface area contributed by atoms with E-state index in [9.17, 15) is 39.0 Å². The molecular formula is C25H32N6O10. The summed E-state index contributed by atoms with van der Waals surface area (Å²) in [6.07, 6.45) is 0.828. The van der Waals surface area contributed by atoms with Gasteiger partial charge in [-0.1, -0.05) is 12.1 Å². The number of H-pyrrole nitrogens is 1. The van der Waals surface area contributed by atoms with Crippen molar-refractivity contribution in [2.24, 2.45) is 5.73 Å². The zero-order chi connectivity index (χ0) is 30.5. The van der Waals surface area contributed by atoms with Crippen LogP contribution in [0.3, 0.4) is 0 Å². The molecule has 1 heterocycles. The van der Waals surface area contributed by atoms with E-state index in [1.54, 1.807) is 0 Å². The summed E-state index contributed by atoms with van der Waals surface area (Å²) in [6, 6.07) is 0.131. The van der Waals surface area contributed by atoms with Gasteiger partial charge in [0.15, 0.2) is 0 Å². The van der Waals surface area contributed by atoms with Crippen LogP contribution in [0.4, 0.5) is 0 Å². The fourth-order valence-corrected chi connectivity index (χ4v) is 3.66. The van der Waals surface area contributed by atoms with Crippen LogP contribution in [0.15, 0.2) is 36.8 Å². The lowest BCUT2D eigenvalue weighted by Crippen LogP contribution is -2.58. The summed E-state index contributed by atoms with van der Waals surface area (Å²) in [6.45, 7) is 0. The average Bonchev–Trinajstić information content (AvgIpc) is 3.42. The lowest BCUT2D eigenvalue weighted by Gasteiger charge is -2.25. The Morgan fingerprint density at radius 1 is 0.780 bits per heavy atom. The monoisotopic (exact) mass is 576 g/mol. The quantitative estimate of drug-likeness (QED) is 0.104. The first kappa shape index (κ1) is 32.2. The molecule has 4 atom stereocenters. The van der Waals surface area contributed by atoms with Gasteiger partial charge in [-0.25, -0.2) is 9.78 Å². The predicted molar refractivity (Wildman–Crippen MR) is 139 cm³/mol. The highest BCUT2D eigenvalue weighted by atomic mass is 16.4. The lowest BCUT2D eigenvalue weighted by atomic mass is 10.0. The van der Waals surface area contributed by atoms with Crippen molar-refractivity contribution < 1.29 is 49.2 Å². The van der Waals surface area contributed by atoms with Crippen LogP contribution in [0.5, 0.6) is 5.75 Å². The number of amides is 3. The molecule has 41 heavy (non-hydrogen) atoms. The predicted octanol–water partition coefficient (Wildman–Crippen LogP) is -1.50. The third-order valence-corrected chi connectivity index (χ3v) is 5.89. The van der Waals surface area contributed by atoms with Gasteiger partial charge in [0.05, 0.1) is 12.4 Å². The van der Waals surface area contributed by atoms with Crippen LogP contribution in [0, 0.1) is 0 Å². The van der Waals surface area contributed by atoms with E-state index >= 15 is 0 Å². The van der Waals surface area contributed by atoms with Gasteiger partial charge in [-0.15, -0.1) is 0 Å². The van der Waals surface area contributed by atoms with E-state index in [1.807, 2.05) is 0 Å². The molecule has 0 aliphatic heterocycles. The molecule has 16 nitrogen and oxygen atoms in total. The Kier molecular flexibility index (Phi) is 12.2. The number of carboxylic acids is 3. The molecule has 0 spiro atoms. The highest BCUT2D eigenvalue weighted by Gasteiger charge is 2.31. The molecule has 16 heteroatoms. The number of nitrogens with zero attached hydrogens (tertiary/aromatic N) is 1. The van der Waals surface area contributed by atoms with Crippen LogP contribution in [0.2, 0.25) is 0 Å². The molecule has 0 aliphatic rings. The number of carbonyl (C=O) groups is 6. The van der Waals surface area contributed by atoms with Crippen LogP contribution in [-0.2, 0) is 41.6 Å². The summed E-state index contributed by atoms with van der Waals surface area (Å²) >= 11 is 0. The van der Waals surface area contributed by atoms with E-state index in [4.69, 9.17) is 15.9 Å². The number of aromatic amines is 1. The minimum atomic E-state index is -1.46. The van der Waals surface area contributed by atoms with Crippen molar-refractivity contribution in [1.82, 2.24) is 25.9 Å². The number of nitrogens with two attached hydrogens (primary N) is 1. The minimum absolute atomic E-state index is 0.0284. The Balaban J connectivity index is 2.21. The number of nitrogens with one attached hydrogen (secondary N) is 4. The molecule has 10 N–H and O–H groups in total. The number of aromatic hydroxyl groups is 1. The Labute approximate surface area is 233 Å². The fourth-order valence-electron chi connectivity index (χ4n) is 3.66. The number of hydrogen-bond acceptors (Lipinski definition) is 9. The first-order valence-corrected chi connectivity index (χ1v) is 12.4. The van der Waals surface area contributed by atoms with Gasteiger partial charge in [-0.2, -0.15) is 0 Å². The molecule has 4 unspecified atom stereocenters. The van der Waals surface area contributed by atoms with Crippen molar-refractivity contribution in [3.63, 3.8) is 0 Å². The second kappa shape index (κ2) is 15.6. The highest BCUT2D eigenvalue weighted by Crippen LogP contribution is 2.12. The molecular weight excluding hydrogens is 544 g/mol. The molecule has 0 bridgehead atoms. The molecule has 222 valence electrons. The number of benzene rings is 1. The van der Waals surface area contributed by atoms with Gasteiger partial charge in [0, 0.05) is 37.6 Å². The van der Waals surface area contributed by atoms with Gasteiger partial charge in [-0.3, -0.25) is 24.0 Å². The maximum absolute atomic E-state index is 13.2. The number of hydrogen-bond donors (Lipinski definition) is 9. The van der Waals surface area contributed by atoms with E-state index in [0.717, 1.165) is 0 Å². The largest absolute Gasteiger partial charge is 0.508 e. The summed E-state index contributed by atoms with van der Waals surface area (Å²) in [5.74, 6) is -6.58. The van der Waals surface area contributed by atoms with Crippen LogP contribution < -0.4 is 21.7 Å². The Morgan fingerprint density at radius 3 is 1.90 bits per heavy atom. The summed E-state index contributed by atoms with van der Waals surface area (Å²) in [4.78, 5) is 79.3. The Bertz CT molecular complexity index is 1220. The number of rotatable bonds is 17. The maximum atomic E-state index is 13.2. The van der Waals surface area contributed by atoms with Gasteiger partial charge in [0.25, 0.3) is 0 Å². The fraction of sp³-hybridized carbons (Fsp3) is 0.400. The van der Waals surface area contributed by atoms with Crippen LogP contribution in [0.25, 0.3) is 0 Å². The van der Waals surface area contributed by atoms with E-state index in [1.165, 1.54) is 36.8 Å². The smallest absolute Gasteiger partial charge is 0.326 e. The van der Waals surface area contributed by atoms with Crippen molar-refractivity contribution >= 4 is 35.6 Å². The standard InChI is InChI=1S/C25H32N6O10/c26-16(5-7-20(33)34)22(37)29-17(6-8-21(35)36)23(38)30-18(10-14-11-27-12-28-14)24(39)31-19(25(40)41)9-13-1-3-15(32)4-2-13/h1-4,11-12,16-19,32H,5-10,26H2,(H,27,28)(H,29,37)(H,30,38)(H,31,39)(H,33,34)(H,35,36)(H,40,41). The number of carbonyl (C=O) groups excluding carboxylic acids is 3. The molecule has 0 fully saturated rings. The van der Waals surface area contributed by atoms with Gasteiger partial charge < -0.3 is 47.1 Å². The van der Waals surface area contributed by atoms with Crippen molar-refractivity contribution in [3.8, 4) is 5.75 Å². The first-order chi connectivity index (χ1) is 19.3. The number of aliphatic carboxylic acids is 3. The van der Waals surface area contributed by atoms with E-state index < -0.39 is 72.6 Å². The summed E-state index contributed by atoms with van der Waals surface area (Å²) in [5.41, 5.74) is 6.60. The van der Waals surface area contributed by atoms with Gasteiger partial charge in [-0.05, 0) is 30.5 Å². The maximum Gasteiger partial charge on any atom is 0.326 e. The van der Waals surface area contributed by atoms with E-state index in [0.29, 0.717) is 11.3 Å². The van der Waals surface area contributed by atoms with E-state index in [2.05, 4.69) is 25.9 Å². The minimum Gasteiger partial charge on any atom is -0.508 e. The normalized spacial score (nSPS) is 13.7. The third kappa shape index (κ3) is 11.3. The van der Waals surface area contributed by atoms with Crippen molar-refractivity contribution in [2.75, 3.05) is 0 Å². The Hall–Kier alpha value is -4.99. The van der Waals surface area contributed by atoms with Crippen molar-refractivity contribution in [2.45, 2.75) is 62.7 Å². The molecule has 0 saturated carbocycles.